The van der Waals surface area contributed by atoms with Crippen molar-refractivity contribution in [2.75, 3.05) is 0 Å². The number of carboxylic acids is 1. The molecule has 13 heavy (non-hydrogen) atoms. The van der Waals surface area contributed by atoms with Crippen LogP contribution in [0.25, 0.3) is 0 Å². The summed E-state index contributed by atoms with van der Waals surface area (Å²) in [4.78, 5) is 10.6. The smallest absolute Gasteiger partial charge is 0.335 e. The molecule has 3 nitrogen and oxygen atoms in total. The minimum absolute atomic E-state index is 0.111. The van der Waals surface area contributed by atoms with Crippen molar-refractivity contribution in [1.82, 2.24) is 0 Å². The first-order chi connectivity index (χ1) is 6.09. The number of aliphatic carboxylic acids is 1. The minimum Gasteiger partial charge on any atom is -0.478 e. The summed E-state index contributed by atoms with van der Waals surface area (Å²) >= 11 is 0. The van der Waals surface area contributed by atoms with Crippen LogP contribution in [0.3, 0.4) is 0 Å². The molecule has 72 valence electrons. The molecule has 1 aliphatic carbocycles. The molecular formula is C10H15NO2. The lowest BCUT2D eigenvalue weighted by Gasteiger charge is -2.13. The number of allylic oxidation sites excluding steroid dienone is 1. The molecule has 3 N–H and O–H groups in total. The van der Waals surface area contributed by atoms with Gasteiger partial charge in [-0.15, -0.1) is 0 Å². The van der Waals surface area contributed by atoms with Gasteiger partial charge in [-0.3, -0.25) is 0 Å². The van der Waals surface area contributed by atoms with E-state index in [-0.39, 0.29) is 6.04 Å². The van der Waals surface area contributed by atoms with Crippen molar-refractivity contribution in [3.63, 3.8) is 0 Å². The summed E-state index contributed by atoms with van der Waals surface area (Å²) < 4.78 is 0. The van der Waals surface area contributed by atoms with Crippen LogP contribution in [0.2, 0.25) is 0 Å². The summed E-state index contributed by atoms with van der Waals surface area (Å²) in [6, 6.07) is 0.111. The van der Waals surface area contributed by atoms with E-state index in [1.807, 2.05) is 6.92 Å². The van der Waals surface area contributed by atoms with E-state index in [2.05, 4.69) is 0 Å². The van der Waals surface area contributed by atoms with Crippen molar-refractivity contribution in [3.05, 3.63) is 23.3 Å². The molecule has 0 aliphatic heterocycles. The summed E-state index contributed by atoms with van der Waals surface area (Å²) in [5.41, 5.74) is 7.19. The largest absolute Gasteiger partial charge is 0.478 e. The number of rotatable bonds is 3. The zero-order valence-corrected chi connectivity index (χ0v) is 7.79. The monoisotopic (exact) mass is 181 g/mol. The average molecular weight is 181 g/mol. The SMILES string of the molecule is CC(N)CC1=CC(C(=O)O)=CCC1. The number of hydrogen-bond acceptors (Lipinski definition) is 2. The highest BCUT2D eigenvalue weighted by Gasteiger charge is 2.11. The molecule has 1 atom stereocenters. The third-order valence-electron chi connectivity index (χ3n) is 2.02. The van der Waals surface area contributed by atoms with Gasteiger partial charge >= 0.3 is 5.97 Å². The molecule has 0 amide bonds. The maximum atomic E-state index is 10.6. The van der Waals surface area contributed by atoms with Crippen LogP contribution in [0, 0.1) is 0 Å². The van der Waals surface area contributed by atoms with E-state index in [0.29, 0.717) is 5.57 Å². The van der Waals surface area contributed by atoms with Crippen molar-refractivity contribution in [1.29, 1.82) is 0 Å². The standard InChI is InChI=1S/C10H15NO2/c1-7(11)5-8-3-2-4-9(6-8)10(12)13/h4,6-7H,2-3,5,11H2,1H3,(H,12,13). The maximum absolute atomic E-state index is 10.6. The van der Waals surface area contributed by atoms with Crippen LogP contribution in [-0.2, 0) is 4.79 Å². The lowest BCUT2D eigenvalue weighted by molar-refractivity contribution is -0.132. The van der Waals surface area contributed by atoms with Gasteiger partial charge in [0, 0.05) is 6.04 Å². The molecular weight excluding hydrogens is 166 g/mol. The van der Waals surface area contributed by atoms with Gasteiger partial charge in [0.1, 0.15) is 0 Å². The highest BCUT2D eigenvalue weighted by atomic mass is 16.4. The number of carbonyl (C=O) groups is 1. The lowest BCUT2D eigenvalue weighted by atomic mass is 9.95. The Labute approximate surface area is 77.9 Å². The van der Waals surface area contributed by atoms with Crippen molar-refractivity contribution >= 4 is 5.97 Å². The van der Waals surface area contributed by atoms with Gasteiger partial charge in [0.05, 0.1) is 5.57 Å². The van der Waals surface area contributed by atoms with Crippen LogP contribution in [0.4, 0.5) is 0 Å². The summed E-state index contributed by atoms with van der Waals surface area (Å²) in [7, 11) is 0. The highest BCUT2D eigenvalue weighted by molar-refractivity contribution is 5.90. The van der Waals surface area contributed by atoms with Gasteiger partial charge < -0.3 is 10.8 Å². The molecule has 0 saturated heterocycles. The molecule has 1 aliphatic rings. The molecule has 0 heterocycles. The van der Waals surface area contributed by atoms with Gasteiger partial charge in [-0.1, -0.05) is 11.6 Å². The predicted molar refractivity (Wildman–Crippen MR) is 51.3 cm³/mol. The Morgan fingerprint density at radius 1 is 1.77 bits per heavy atom. The van der Waals surface area contributed by atoms with E-state index in [1.165, 1.54) is 0 Å². The van der Waals surface area contributed by atoms with Crippen LogP contribution >= 0.6 is 0 Å². The quantitative estimate of drug-likeness (QED) is 0.692. The highest BCUT2D eigenvalue weighted by Crippen LogP contribution is 2.20. The minimum atomic E-state index is -0.845. The third kappa shape index (κ3) is 3.03. The van der Waals surface area contributed by atoms with E-state index in [0.717, 1.165) is 24.8 Å². The van der Waals surface area contributed by atoms with Crippen LogP contribution < -0.4 is 5.73 Å². The lowest BCUT2D eigenvalue weighted by Crippen LogP contribution is -2.16. The first-order valence-electron chi connectivity index (χ1n) is 4.48. The molecule has 0 aromatic rings. The fourth-order valence-electron chi connectivity index (χ4n) is 1.49. The van der Waals surface area contributed by atoms with Crippen LogP contribution in [0.15, 0.2) is 23.3 Å². The van der Waals surface area contributed by atoms with Crippen molar-refractivity contribution in [3.8, 4) is 0 Å². The molecule has 0 aromatic heterocycles. The van der Waals surface area contributed by atoms with E-state index >= 15 is 0 Å². The Bertz CT molecular complexity index is 264. The fourth-order valence-corrected chi connectivity index (χ4v) is 1.49. The van der Waals surface area contributed by atoms with Gasteiger partial charge in [-0.2, -0.15) is 0 Å². The number of carboxylic acid groups (broad SMARTS) is 1. The van der Waals surface area contributed by atoms with Crippen molar-refractivity contribution in [2.45, 2.75) is 32.2 Å². The molecule has 0 fully saturated rings. The molecule has 0 bridgehead atoms. The van der Waals surface area contributed by atoms with Crippen molar-refractivity contribution in [2.24, 2.45) is 5.73 Å². The van der Waals surface area contributed by atoms with E-state index in [4.69, 9.17) is 10.8 Å². The van der Waals surface area contributed by atoms with Gasteiger partial charge in [-0.25, -0.2) is 4.79 Å². The van der Waals surface area contributed by atoms with Gasteiger partial charge in [-0.05, 0) is 32.3 Å². The van der Waals surface area contributed by atoms with E-state index in [1.54, 1.807) is 12.2 Å². The molecule has 0 aromatic carbocycles. The zero-order chi connectivity index (χ0) is 9.84. The third-order valence-corrected chi connectivity index (χ3v) is 2.02. The second kappa shape index (κ2) is 4.23. The topological polar surface area (TPSA) is 63.3 Å². The Balaban J connectivity index is 2.67. The van der Waals surface area contributed by atoms with Crippen LogP contribution in [0.5, 0.6) is 0 Å². The number of nitrogens with two attached hydrogens (primary N) is 1. The molecule has 0 saturated carbocycles. The Morgan fingerprint density at radius 2 is 2.46 bits per heavy atom. The van der Waals surface area contributed by atoms with Crippen molar-refractivity contribution < 1.29 is 9.90 Å². The van der Waals surface area contributed by atoms with E-state index < -0.39 is 5.97 Å². The normalized spacial score (nSPS) is 18.9. The molecule has 0 spiro atoms. The Hall–Kier alpha value is -1.09. The Morgan fingerprint density at radius 3 is 3.00 bits per heavy atom. The second-order valence-corrected chi connectivity index (χ2v) is 3.49. The van der Waals surface area contributed by atoms with E-state index in [9.17, 15) is 4.79 Å². The maximum Gasteiger partial charge on any atom is 0.335 e. The zero-order valence-electron chi connectivity index (χ0n) is 7.79. The molecule has 1 rings (SSSR count). The number of hydrogen-bond donors (Lipinski definition) is 2. The predicted octanol–water partition coefficient (Wildman–Crippen LogP) is 1.45. The van der Waals surface area contributed by atoms with Crippen LogP contribution in [0.1, 0.15) is 26.2 Å². The summed E-state index contributed by atoms with van der Waals surface area (Å²) in [5, 5.41) is 8.75. The molecule has 1 unspecified atom stereocenters. The van der Waals surface area contributed by atoms with Gasteiger partial charge in [0.2, 0.25) is 0 Å². The van der Waals surface area contributed by atoms with Gasteiger partial charge in [0.15, 0.2) is 0 Å². The summed E-state index contributed by atoms with van der Waals surface area (Å²) in [6.45, 7) is 1.93. The molecule has 0 radical (unpaired) electrons. The second-order valence-electron chi connectivity index (χ2n) is 3.49. The summed E-state index contributed by atoms with van der Waals surface area (Å²) in [6.07, 6.45) is 6.06. The Kier molecular flexibility index (Phi) is 3.25. The van der Waals surface area contributed by atoms with Crippen LogP contribution in [-0.4, -0.2) is 17.1 Å². The molecule has 3 heteroatoms. The first kappa shape index (κ1) is 9.99. The first-order valence-corrected chi connectivity index (χ1v) is 4.48. The fraction of sp³-hybridized carbons (Fsp3) is 0.500. The average Bonchev–Trinajstić information content (AvgIpc) is 2.03. The summed E-state index contributed by atoms with van der Waals surface area (Å²) in [5.74, 6) is -0.845. The van der Waals surface area contributed by atoms with Gasteiger partial charge in [0.25, 0.3) is 0 Å².